The Bertz CT molecular complexity index is 709. The van der Waals surface area contributed by atoms with Gasteiger partial charge in [0.05, 0.1) is 22.3 Å². The number of sulfone groups is 1. The topological polar surface area (TPSA) is 60.4 Å². The maximum atomic E-state index is 12.4. The minimum absolute atomic E-state index is 0.284. The predicted molar refractivity (Wildman–Crippen MR) is 99.9 cm³/mol. The predicted octanol–water partition coefficient (Wildman–Crippen LogP) is 4.40. The summed E-state index contributed by atoms with van der Waals surface area (Å²) >= 11 is 0. The number of esters is 1. The van der Waals surface area contributed by atoms with Crippen LogP contribution in [0.5, 0.6) is 0 Å². The molecular formula is C20H28O4S. The van der Waals surface area contributed by atoms with E-state index in [4.69, 9.17) is 4.74 Å². The number of allylic oxidation sites excluding steroid dienone is 1. The maximum absolute atomic E-state index is 12.4. The molecule has 1 aromatic rings. The summed E-state index contributed by atoms with van der Waals surface area (Å²) in [5, 5.41) is -0.472. The second-order valence-corrected chi connectivity index (χ2v) is 9.32. The Morgan fingerprint density at radius 2 is 1.76 bits per heavy atom. The van der Waals surface area contributed by atoms with Crippen LogP contribution in [0.2, 0.25) is 0 Å². The third kappa shape index (κ3) is 4.94. The van der Waals surface area contributed by atoms with Crippen LogP contribution < -0.4 is 0 Å². The van der Waals surface area contributed by atoms with E-state index in [-0.39, 0.29) is 10.9 Å². The van der Waals surface area contributed by atoms with Gasteiger partial charge in [-0.25, -0.2) is 13.2 Å². The Morgan fingerprint density at radius 1 is 1.16 bits per heavy atom. The summed E-state index contributed by atoms with van der Waals surface area (Å²) in [6.45, 7) is 5.43. The van der Waals surface area contributed by atoms with E-state index < -0.39 is 15.1 Å². The molecule has 1 aromatic carbocycles. The van der Waals surface area contributed by atoms with Gasteiger partial charge in [-0.3, -0.25) is 0 Å². The van der Waals surface area contributed by atoms with Gasteiger partial charge in [0.15, 0.2) is 9.84 Å². The first-order valence-corrected chi connectivity index (χ1v) is 10.6. The van der Waals surface area contributed by atoms with Crippen LogP contribution in [0.15, 0.2) is 35.2 Å². The Kier molecular flexibility index (Phi) is 6.82. The summed E-state index contributed by atoms with van der Waals surface area (Å²) < 4.78 is 29.7. The molecule has 1 aliphatic rings. The summed E-state index contributed by atoms with van der Waals surface area (Å²) in [7, 11) is -3.31. The first-order chi connectivity index (χ1) is 11.9. The van der Waals surface area contributed by atoms with Crippen LogP contribution in [0.4, 0.5) is 0 Å². The molecule has 0 amide bonds. The van der Waals surface area contributed by atoms with Crippen molar-refractivity contribution in [1.82, 2.24) is 0 Å². The summed E-state index contributed by atoms with van der Waals surface area (Å²) in [4.78, 5) is 12.7. The van der Waals surface area contributed by atoms with Crippen LogP contribution in [0.25, 0.3) is 5.57 Å². The average molecular weight is 365 g/mol. The molecule has 2 rings (SSSR count). The van der Waals surface area contributed by atoms with Crippen LogP contribution in [0, 0.1) is 5.92 Å². The molecule has 0 spiro atoms. The van der Waals surface area contributed by atoms with Crippen molar-refractivity contribution in [3.8, 4) is 0 Å². The van der Waals surface area contributed by atoms with Gasteiger partial charge in [0.1, 0.15) is 0 Å². The molecule has 0 aromatic heterocycles. The number of carbonyl (C=O) groups excluding carboxylic acids is 1. The van der Waals surface area contributed by atoms with E-state index >= 15 is 0 Å². The van der Waals surface area contributed by atoms with Crippen molar-refractivity contribution in [2.24, 2.45) is 5.92 Å². The van der Waals surface area contributed by atoms with E-state index in [0.717, 1.165) is 12.8 Å². The van der Waals surface area contributed by atoms with Gasteiger partial charge in [0.2, 0.25) is 0 Å². The van der Waals surface area contributed by atoms with Crippen molar-refractivity contribution in [1.29, 1.82) is 0 Å². The molecule has 1 fully saturated rings. The number of carbonyl (C=O) groups is 1. The number of hydrogen-bond donors (Lipinski definition) is 0. The largest absolute Gasteiger partial charge is 0.462 e. The van der Waals surface area contributed by atoms with Crippen molar-refractivity contribution < 1.29 is 17.9 Å². The quantitative estimate of drug-likeness (QED) is 0.555. The molecule has 138 valence electrons. The van der Waals surface area contributed by atoms with Crippen molar-refractivity contribution in [3.05, 3.63) is 35.9 Å². The van der Waals surface area contributed by atoms with E-state index in [2.05, 4.69) is 0 Å². The standard InChI is InChI=1S/C20H28O4S/c1-4-24-20(21)19(14-16-8-6-5-7-9-16)17-10-12-18(13-11-17)25(22,23)15(2)3/h10-16H,4-9H2,1-3H3. The van der Waals surface area contributed by atoms with Gasteiger partial charge in [-0.15, -0.1) is 0 Å². The van der Waals surface area contributed by atoms with Gasteiger partial charge < -0.3 is 4.74 Å². The van der Waals surface area contributed by atoms with E-state index in [0.29, 0.717) is 23.7 Å². The molecule has 1 aliphatic carbocycles. The lowest BCUT2D eigenvalue weighted by atomic mass is 9.87. The second kappa shape index (κ2) is 8.65. The number of ether oxygens (including phenoxy) is 1. The Morgan fingerprint density at radius 3 is 2.28 bits per heavy atom. The number of rotatable bonds is 6. The summed E-state index contributed by atoms with van der Waals surface area (Å²) in [5.74, 6) is 0.0415. The van der Waals surface area contributed by atoms with Crippen LogP contribution in [-0.2, 0) is 19.4 Å². The van der Waals surface area contributed by atoms with Crippen molar-refractivity contribution in [2.45, 2.75) is 63.0 Å². The van der Waals surface area contributed by atoms with E-state index in [1.54, 1.807) is 45.0 Å². The molecule has 0 aliphatic heterocycles. The first kappa shape index (κ1) is 19.7. The number of hydrogen-bond acceptors (Lipinski definition) is 4. The molecule has 5 heteroatoms. The smallest absolute Gasteiger partial charge is 0.338 e. The Hall–Kier alpha value is -1.62. The molecule has 0 unspecified atom stereocenters. The van der Waals surface area contributed by atoms with Gasteiger partial charge >= 0.3 is 5.97 Å². The Balaban J connectivity index is 2.34. The fourth-order valence-corrected chi connectivity index (χ4v) is 4.18. The number of benzene rings is 1. The fourth-order valence-electron chi connectivity index (χ4n) is 3.12. The highest BCUT2D eigenvalue weighted by molar-refractivity contribution is 7.92. The highest BCUT2D eigenvalue weighted by Gasteiger charge is 2.21. The van der Waals surface area contributed by atoms with Gasteiger partial charge in [-0.05, 0) is 57.2 Å². The minimum Gasteiger partial charge on any atom is -0.462 e. The molecular weight excluding hydrogens is 336 g/mol. The fraction of sp³-hybridized carbons (Fsp3) is 0.550. The molecule has 0 saturated heterocycles. The molecule has 0 bridgehead atoms. The van der Waals surface area contributed by atoms with E-state index in [1.165, 1.54) is 19.3 Å². The molecule has 1 saturated carbocycles. The first-order valence-electron chi connectivity index (χ1n) is 9.09. The zero-order chi connectivity index (χ0) is 18.4. The zero-order valence-electron chi connectivity index (χ0n) is 15.3. The summed E-state index contributed by atoms with van der Waals surface area (Å²) in [6.07, 6.45) is 7.81. The van der Waals surface area contributed by atoms with Crippen molar-refractivity contribution in [2.75, 3.05) is 6.61 Å². The summed E-state index contributed by atoms with van der Waals surface area (Å²) in [5.41, 5.74) is 1.26. The van der Waals surface area contributed by atoms with E-state index in [9.17, 15) is 13.2 Å². The van der Waals surface area contributed by atoms with Crippen LogP contribution in [0.3, 0.4) is 0 Å². The normalized spacial score (nSPS) is 16.9. The monoisotopic (exact) mass is 364 g/mol. The molecule has 0 heterocycles. The highest BCUT2D eigenvalue weighted by Crippen LogP contribution is 2.29. The van der Waals surface area contributed by atoms with Crippen molar-refractivity contribution >= 4 is 21.4 Å². The third-order valence-electron chi connectivity index (χ3n) is 4.66. The van der Waals surface area contributed by atoms with Crippen LogP contribution in [0.1, 0.15) is 58.4 Å². The van der Waals surface area contributed by atoms with E-state index in [1.807, 2.05) is 6.08 Å². The molecule has 0 radical (unpaired) electrons. The highest BCUT2D eigenvalue weighted by atomic mass is 32.2. The maximum Gasteiger partial charge on any atom is 0.338 e. The van der Waals surface area contributed by atoms with Gasteiger partial charge in [-0.2, -0.15) is 0 Å². The van der Waals surface area contributed by atoms with Gasteiger partial charge in [-0.1, -0.05) is 37.5 Å². The zero-order valence-corrected chi connectivity index (χ0v) is 16.1. The molecule has 0 N–H and O–H groups in total. The van der Waals surface area contributed by atoms with Crippen LogP contribution in [-0.4, -0.2) is 26.2 Å². The summed E-state index contributed by atoms with van der Waals surface area (Å²) in [6, 6.07) is 6.58. The lowest BCUT2D eigenvalue weighted by molar-refractivity contribution is -0.136. The lowest BCUT2D eigenvalue weighted by Gasteiger charge is -2.19. The lowest BCUT2D eigenvalue weighted by Crippen LogP contribution is -2.14. The van der Waals surface area contributed by atoms with Crippen molar-refractivity contribution in [3.63, 3.8) is 0 Å². The molecule has 0 atom stereocenters. The molecule has 4 nitrogen and oxygen atoms in total. The minimum atomic E-state index is -3.31. The average Bonchev–Trinajstić information content (AvgIpc) is 2.60. The van der Waals surface area contributed by atoms with Gasteiger partial charge in [0, 0.05) is 0 Å². The van der Waals surface area contributed by atoms with Crippen LogP contribution >= 0.6 is 0 Å². The Labute approximate surface area is 151 Å². The SMILES string of the molecule is CCOC(=O)C(=CC1CCCCC1)c1ccc(S(=O)(=O)C(C)C)cc1. The second-order valence-electron chi connectivity index (χ2n) is 6.82. The molecule has 25 heavy (non-hydrogen) atoms. The third-order valence-corrected chi connectivity index (χ3v) is 6.83. The van der Waals surface area contributed by atoms with Gasteiger partial charge in [0.25, 0.3) is 0 Å².